The van der Waals surface area contributed by atoms with Crippen LogP contribution in [-0.4, -0.2) is 52.3 Å². The Morgan fingerprint density at radius 2 is 2.00 bits per heavy atom. The molecule has 0 aromatic carbocycles. The number of rotatable bonds is 5. The number of hydrogen-bond donors (Lipinski definition) is 3. The van der Waals surface area contributed by atoms with Gasteiger partial charge in [0.1, 0.15) is 0 Å². The zero-order chi connectivity index (χ0) is 18.5. The summed E-state index contributed by atoms with van der Waals surface area (Å²) in [5, 5.41) is 9.31. The lowest BCUT2D eigenvalue weighted by Gasteiger charge is -2.23. The van der Waals surface area contributed by atoms with Crippen molar-refractivity contribution in [1.29, 1.82) is 0 Å². The van der Waals surface area contributed by atoms with Crippen LogP contribution in [0.4, 0.5) is 4.79 Å². The first-order valence-electron chi connectivity index (χ1n) is 9.37. The predicted octanol–water partition coefficient (Wildman–Crippen LogP) is 1.82. The van der Waals surface area contributed by atoms with E-state index in [1.54, 1.807) is 18.7 Å². The fourth-order valence-electron chi connectivity index (χ4n) is 3.79. The molecule has 0 bridgehead atoms. The van der Waals surface area contributed by atoms with E-state index in [0.717, 1.165) is 5.75 Å². The molecule has 0 aromatic rings. The van der Waals surface area contributed by atoms with Gasteiger partial charge in [-0.05, 0) is 31.9 Å². The van der Waals surface area contributed by atoms with E-state index >= 15 is 0 Å². The van der Waals surface area contributed by atoms with E-state index in [1.165, 1.54) is 25.7 Å². The van der Waals surface area contributed by atoms with Crippen LogP contribution in [0.25, 0.3) is 0 Å². The highest BCUT2D eigenvalue weighted by atomic mass is 32.2. The molecule has 3 N–H and O–H groups in total. The fraction of sp³-hybridized carbons (Fsp3) is 0.824. The highest BCUT2D eigenvalue weighted by Gasteiger charge is 2.38. The van der Waals surface area contributed by atoms with Crippen molar-refractivity contribution >= 4 is 41.4 Å². The molecule has 26 heavy (non-hydrogen) atoms. The van der Waals surface area contributed by atoms with Gasteiger partial charge in [0.05, 0.1) is 29.7 Å². The van der Waals surface area contributed by atoms with E-state index < -0.39 is 12.0 Å². The zero-order valence-corrected chi connectivity index (χ0v) is 16.6. The van der Waals surface area contributed by atoms with Gasteiger partial charge >= 0.3 is 6.09 Å². The molecule has 3 aliphatic rings. The van der Waals surface area contributed by atoms with Crippen molar-refractivity contribution in [3.05, 3.63) is 0 Å². The van der Waals surface area contributed by atoms with E-state index in [0.29, 0.717) is 24.1 Å². The number of hydrogen-bond acceptors (Lipinski definition) is 7. The van der Waals surface area contributed by atoms with Crippen LogP contribution >= 0.6 is 23.5 Å². The molecule has 3 rings (SSSR count). The summed E-state index contributed by atoms with van der Waals surface area (Å²) in [5.41, 5.74) is 0. The number of imide groups is 1. The van der Waals surface area contributed by atoms with Crippen LogP contribution in [0.2, 0.25) is 0 Å². The lowest BCUT2D eigenvalue weighted by atomic mass is 9.95. The molecule has 7 nitrogen and oxygen atoms in total. The van der Waals surface area contributed by atoms with Crippen LogP contribution in [0, 0.1) is 5.92 Å². The Morgan fingerprint density at radius 3 is 2.77 bits per heavy atom. The van der Waals surface area contributed by atoms with Crippen LogP contribution < -0.4 is 16.0 Å². The zero-order valence-electron chi connectivity index (χ0n) is 15.0. The molecular formula is C17H27N3O4S2. The van der Waals surface area contributed by atoms with Crippen LogP contribution in [0.3, 0.4) is 0 Å². The van der Waals surface area contributed by atoms with Crippen molar-refractivity contribution in [3.8, 4) is 0 Å². The quantitative estimate of drug-likeness (QED) is 0.646. The number of carbonyl (C=O) groups is 3. The minimum absolute atomic E-state index is 0.0398. The van der Waals surface area contributed by atoms with Gasteiger partial charge in [0.2, 0.25) is 11.8 Å². The number of fused-ring (bicyclic) bond motifs is 1. The molecule has 2 heterocycles. The summed E-state index contributed by atoms with van der Waals surface area (Å²) >= 11 is 3.44. The molecule has 3 fully saturated rings. The number of thioether (sulfide) groups is 2. The van der Waals surface area contributed by atoms with E-state index in [-0.39, 0.29) is 29.2 Å². The van der Waals surface area contributed by atoms with Crippen LogP contribution in [0.5, 0.6) is 0 Å². The fourth-order valence-corrected chi connectivity index (χ4v) is 6.77. The van der Waals surface area contributed by atoms with Crippen molar-refractivity contribution < 1.29 is 19.1 Å². The Labute approximate surface area is 162 Å². The van der Waals surface area contributed by atoms with E-state index in [2.05, 4.69) is 16.0 Å². The van der Waals surface area contributed by atoms with Gasteiger partial charge in [-0.1, -0.05) is 12.8 Å². The van der Waals surface area contributed by atoms with Gasteiger partial charge in [-0.15, -0.1) is 23.5 Å². The summed E-state index contributed by atoms with van der Waals surface area (Å²) in [6.45, 7) is 1.90. The van der Waals surface area contributed by atoms with Gasteiger partial charge in [0.15, 0.2) is 0 Å². The summed E-state index contributed by atoms with van der Waals surface area (Å²) in [6.07, 6.45) is 5.31. The van der Waals surface area contributed by atoms with Gasteiger partial charge in [-0.25, -0.2) is 4.79 Å². The van der Waals surface area contributed by atoms with E-state index in [1.807, 2.05) is 11.8 Å². The average Bonchev–Trinajstić information content (AvgIpc) is 3.20. The first kappa shape index (κ1) is 19.8. The first-order chi connectivity index (χ1) is 12.6. The highest BCUT2D eigenvalue weighted by Crippen LogP contribution is 2.38. The number of nitrogens with one attached hydrogen (secondary N) is 3. The maximum absolute atomic E-state index is 12.5. The molecule has 2 aliphatic heterocycles. The molecular weight excluding hydrogens is 374 g/mol. The number of alkyl carbamates (subject to hydrolysis) is 1. The number of amides is 3. The number of ether oxygens (including phenoxy) is 1. The summed E-state index contributed by atoms with van der Waals surface area (Å²) in [7, 11) is 0. The third-order valence-electron chi connectivity index (χ3n) is 5.04. The third kappa shape index (κ3) is 5.07. The molecule has 2 saturated heterocycles. The second kappa shape index (κ2) is 9.32. The second-order valence-electron chi connectivity index (χ2n) is 6.89. The second-order valence-corrected chi connectivity index (χ2v) is 9.58. The van der Waals surface area contributed by atoms with Gasteiger partial charge < -0.3 is 15.4 Å². The lowest BCUT2D eigenvalue weighted by molar-refractivity contribution is -0.125. The molecule has 0 radical (unpaired) electrons. The Bertz CT molecular complexity index is 534. The Kier molecular flexibility index (Phi) is 7.11. The van der Waals surface area contributed by atoms with E-state index in [9.17, 15) is 14.4 Å². The van der Waals surface area contributed by atoms with Crippen molar-refractivity contribution in [3.63, 3.8) is 0 Å². The summed E-state index contributed by atoms with van der Waals surface area (Å²) in [4.78, 5) is 36.1. The Balaban J connectivity index is 1.45. The third-order valence-corrected chi connectivity index (χ3v) is 7.87. The molecule has 5 unspecified atom stereocenters. The summed E-state index contributed by atoms with van der Waals surface area (Å²) in [5.74, 6) is -0.0351. The standard InChI is InChI=1S/C17H27N3O4S2/c1-2-24-17(23)20-15(22)10-7-8-25-16(10)19-13(21)9-14-18-11-5-3-4-6-12(11)26-14/h10-12,14,16,18H,2-9H2,1H3,(H,19,21)(H,20,22,23). The molecule has 3 amide bonds. The van der Waals surface area contributed by atoms with Crippen molar-refractivity contribution in [2.24, 2.45) is 5.92 Å². The molecule has 1 aliphatic carbocycles. The van der Waals surface area contributed by atoms with Gasteiger partial charge in [0, 0.05) is 11.3 Å². The largest absolute Gasteiger partial charge is 0.450 e. The van der Waals surface area contributed by atoms with Gasteiger partial charge in [-0.2, -0.15) is 0 Å². The minimum atomic E-state index is -0.728. The van der Waals surface area contributed by atoms with Crippen molar-refractivity contribution in [2.75, 3.05) is 12.4 Å². The summed E-state index contributed by atoms with van der Waals surface area (Å²) < 4.78 is 4.75. The maximum atomic E-state index is 12.5. The molecule has 0 spiro atoms. The number of carbonyl (C=O) groups excluding carboxylic acids is 3. The van der Waals surface area contributed by atoms with Crippen molar-refractivity contribution in [1.82, 2.24) is 16.0 Å². The lowest BCUT2D eigenvalue weighted by Crippen LogP contribution is -2.45. The Hall–Kier alpha value is -0.930. The topological polar surface area (TPSA) is 96.5 Å². The van der Waals surface area contributed by atoms with Crippen LogP contribution in [0.1, 0.15) is 45.4 Å². The van der Waals surface area contributed by atoms with E-state index in [4.69, 9.17) is 4.74 Å². The van der Waals surface area contributed by atoms with Gasteiger partial charge in [-0.3, -0.25) is 14.9 Å². The highest BCUT2D eigenvalue weighted by molar-refractivity contribution is 8.00. The van der Waals surface area contributed by atoms with Crippen LogP contribution in [0.15, 0.2) is 0 Å². The smallest absolute Gasteiger partial charge is 0.413 e. The average molecular weight is 402 g/mol. The predicted molar refractivity (Wildman–Crippen MR) is 103 cm³/mol. The maximum Gasteiger partial charge on any atom is 0.413 e. The molecule has 9 heteroatoms. The SMILES string of the molecule is CCOC(=O)NC(=O)C1CCSC1NC(=O)CC1NC2CCCCC2S1. The monoisotopic (exact) mass is 401 g/mol. The molecule has 5 atom stereocenters. The van der Waals surface area contributed by atoms with Crippen molar-refractivity contribution in [2.45, 2.75) is 67.5 Å². The molecule has 1 saturated carbocycles. The van der Waals surface area contributed by atoms with Crippen LogP contribution in [-0.2, 0) is 14.3 Å². The Morgan fingerprint density at radius 1 is 1.19 bits per heavy atom. The molecule has 146 valence electrons. The summed E-state index contributed by atoms with van der Waals surface area (Å²) in [6, 6.07) is 0.538. The van der Waals surface area contributed by atoms with Gasteiger partial charge in [0.25, 0.3) is 0 Å². The first-order valence-corrected chi connectivity index (χ1v) is 11.4. The normalized spacial score (nSPS) is 33.3. The minimum Gasteiger partial charge on any atom is -0.450 e. The molecule has 0 aromatic heterocycles.